The van der Waals surface area contributed by atoms with E-state index >= 15 is 0 Å². The Kier molecular flexibility index (Phi) is 5.58. The van der Waals surface area contributed by atoms with Crippen LogP contribution in [0.2, 0.25) is 0 Å². The number of benzene rings is 2. The normalized spacial score (nSPS) is 10.8. The molecular weight excluding hydrogens is 405 g/mol. The molecule has 0 atom stereocenters. The van der Waals surface area contributed by atoms with E-state index in [4.69, 9.17) is 9.47 Å². The van der Waals surface area contributed by atoms with Gasteiger partial charge in [0.2, 0.25) is 0 Å². The lowest BCUT2D eigenvalue weighted by atomic mass is 10.1. The topological polar surface area (TPSA) is 64.5 Å². The van der Waals surface area contributed by atoms with Gasteiger partial charge in [0.15, 0.2) is 16.6 Å². The van der Waals surface area contributed by atoms with E-state index in [-0.39, 0.29) is 18.0 Å². The van der Waals surface area contributed by atoms with Crippen molar-refractivity contribution >= 4 is 32.6 Å². The van der Waals surface area contributed by atoms with Gasteiger partial charge in [-0.05, 0) is 42.0 Å². The number of ether oxygens (including phenoxy) is 2. The van der Waals surface area contributed by atoms with Crippen LogP contribution in [-0.2, 0) is 6.54 Å². The van der Waals surface area contributed by atoms with Crippen molar-refractivity contribution in [2.24, 2.45) is 0 Å². The molecule has 0 aliphatic carbocycles. The maximum atomic E-state index is 14.2. The summed E-state index contributed by atoms with van der Waals surface area (Å²) < 4.78 is 25.4. The summed E-state index contributed by atoms with van der Waals surface area (Å²) in [7, 11) is 3.04. The standard InChI is InChI=1S/C22H18FN3O3S/c1-28-17-9-8-15(11-18(17)29-2)21(27)26(13-14-5-4-10-24-12-14)22-25-20-16(23)6-3-7-19(20)30-22/h3-12H,13H2,1-2H3. The first kappa shape index (κ1) is 19.8. The summed E-state index contributed by atoms with van der Waals surface area (Å²) in [4.78, 5) is 23.5. The van der Waals surface area contributed by atoms with Crippen LogP contribution in [0.3, 0.4) is 0 Å². The third-order valence-corrected chi connectivity index (χ3v) is 5.57. The minimum absolute atomic E-state index is 0.239. The number of para-hydroxylation sites is 1. The van der Waals surface area contributed by atoms with Gasteiger partial charge in [-0.2, -0.15) is 0 Å². The van der Waals surface area contributed by atoms with Gasteiger partial charge < -0.3 is 9.47 Å². The monoisotopic (exact) mass is 423 g/mol. The van der Waals surface area contributed by atoms with Crippen LogP contribution in [0.15, 0.2) is 60.9 Å². The van der Waals surface area contributed by atoms with Gasteiger partial charge in [0.1, 0.15) is 11.3 Å². The molecule has 0 unspecified atom stereocenters. The van der Waals surface area contributed by atoms with Gasteiger partial charge in [-0.25, -0.2) is 9.37 Å². The number of hydrogen-bond donors (Lipinski definition) is 0. The van der Waals surface area contributed by atoms with Crippen LogP contribution < -0.4 is 14.4 Å². The molecule has 2 aromatic heterocycles. The molecular formula is C22H18FN3O3S. The fraction of sp³-hybridized carbons (Fsp3) is 0.136. The second kappa shape index (κ2) is 8.46. The molecule has 0 spiro atoms. The average Bonchev–Trinajstić information content (AvgIpc) is 3.22. The summed E-state index contributed by atoms with van der Waals surface area (Å²) >= 11 is 1.26. The molecule has 30 heavy (non-hydrogen) atoms. The minimum atomic E-state index is -0.421. The lowest BCUT2D eigenvalue weighted by molar-refractivity contribution is 0.0984. The van der Waals surface area contributed by atoms with Crippen LogP contribution in [0.5, 0.6) is 11.5 Å². The van der Waals surface area contributed by atoms with E-state index in [1.54, 1.807) is 48.8 Å². The van der Waals surface area contributed by atoms with E-state index in [9.17, 15) is 9.18 Å². The Bertz CT molecular complexity index is 1200. The first-order chi connectivity index (χ1) is 14.6. The highest BCUT2D eigenvalue weighted by molar-refractivity contribution is 7.22. The van der Waals surface area contributed by atoms with Gasteiger partial charge in [0.05, 0.1) is 25.5 Å². The van der Waals surface area contributed by atoms with Crippen LogP contribution in [0, 0.1) is 5.82 Å². The Labute approximate surface area is 176 Å². The van der Waals surface area contributed by atoms with Gasteiger partial charge in [0.25, 0.3) is 5.91 Å². The number of carbonyl (C=O) groups excluding carboxylic acids is 1. The molecule has 0 saturated carbocycles. The molecule has 8 heteroatoms. The first-order valence-corrected chi connectivity index (χ1v) is 9.90. The van der Waals surface area contributed by atoms with E-state index in [2.05, 4.69) is 9.97 Å². The number of nitrogens with zero attached hydrogens (tertiary/aromatic N) is 3. The van der Waals surface area contributed by atoms with E-state index < -0.39 is 5.82 Å². The van der Waals surface area contributed by atoms with Crippen LogP contribution in [0.1, 0.15) is 15.9 Å². The number of anilines is 1. The van der Waals surface area contributed by atoms with E-state index in [1.165, 1.54) is 36.5 Å². The molecule has 2 aromatic carbocycles. The smallest absolute Gasteiger partial charge is 0.260 e. The second-order valence-corrected chi connectivity index (χ2v) is 7.41. The van der Waals surface area contributed by atoms with Crippen molar-refractivity contribution in [3.05, 3.63) is 77.9 Å². The van der Waals surface area contributed by atoms with Crippen LogP contribution in [-0.4, -0.2) is 30.1 Å². The zero-order valence-electron chi connectivity index (χ0n) is 16.3. The van der Waals surface area contributed by atoms with Crippen LogP contribution >= 0.6 is 11.3 Å². The highest BCUT2D eigenvalue weighted by Gasteiger charge is 2.23. The number of halogens is 1. The van der Waals surface area contributed by atoms with Gasteiger partial charge in [-0.1, -0.05) is 23.5 Å². The Hall–Kier alpha value is -3.52. The predicted octanol–water partition coefficient (Wildman–Crippen LogP) is 4.69. The van der Waals surface area contributed by atoms with E-state index in [1.807, 2.05) is 6.07 Å². The molecule has 0 aliphatic heterocycles. The molecule has 0 saturated heterocycles. The SMILES string of the molecule is COc1ccc(C(=O)N(Cc2cccnc2)c2nc3c(F)cccc3s2)cc1OC. The number of thiazole rings is 1. The highest BCUT2D eigenvalue weighted by atomic mass is 32.1. The van der Waals surface area contributed by atoms with Gasteiger partial charge in [0, 0.05) is 18.0 Å². The molecule has 0 N–H and O–H groups in total. The summed E-state index contributed by atoms with van der Waals surface area (Å²) in [5, 5.41) is 0.402. The van der Waals surface area contributed by atoms with Crippen molar-refractivity contribution in [1.82, 2.24) is 9.97 Å². The first-order valence-electron chi connectivity index (χ1n) is 9.08. The molecule has 1 amide bonds. The quantitative estimate of drug-likeness (QED) is 0.450. The summed E-state index contributed by atoms with van der Waals surface area (Å²) in [6.45, 7) is 0.239. The molecule has 0 radical (unpaired) electrons. The largest absolute Gasteiger partial charge is 0.493 e. The van der Waals surface area contributed by atoms with Crippen LogP contribution in [0.25, 0.3) is 10.2 Å². The predicted molar refractivity (Wildman–Crippen MR) is 114 cm³/mol. The number of amides is 1. The molecule has 6 nitrogen and oxygen atoms in total. The molecule has 152 valence electrons. The summed E-state index contributed by atoms with van der Waals surface area (Å²) in [5.41, 5.74) is 1.47. The molecule has 0 bridgehead atoms. The number of methoxy groups -OCH3 is 2. The number of pyridine rings is 1. The number of hydrogen-bond acceptors (Lipinski definition) is 6. The fourth-order valence-corrected chi connectivity index (χ4v) is 4.02. The third kappa shape index (κ3) is 3.81. The zero-order valence-corrected chi connectivity index (χ0v) is 17.1. The van der Waals surface area contributed by atoms with E-state index in [0.29, 0.717) is 26.9 Å². The second-order valence-electron chi connectivity index (χ2n) is 6.41. The molecule has 4 rings (SSSR count). The lowest BCUT2D eigenvalue weighted by Gasteiger charge is -2.20. The van der Waals surface area contributed by atoms with E-state index in [0.717, 1.165) is 5.56 Å². The average molecular weight is 423 g/mol. The molecule has 0 aliphatic rings. The van der Waals surface area contributed by atoms with Crippen molar-refractivity contribution < 1.29 is 18.7 Å². The molecule has 2 heterocycles. The fourth-order valence-electron chi connectivity index (χ4n) is 3.04. The molecule has 4 aromatic rings. The Morgan fingerprint density at radius 1 is 1.10 bits per heavy atom. The summed E-state index contributed by atoms with van der Waals surface area (Å²) in [5.74, 6) is 0.254. The van der Waals surface area contributed by atoms with Crippen molar-refractivity contribution in [2.75, 3.05) is 19.1 Å². The van der Waals surface area contributed by atoms with Gasteiger partial charge in [-0.15, -0.1) is 0 Å². The highest BCUT2D eigenvalue weighted by Crippen LogP contribution is 2.33. The number of rotatable bonds is 6. The number of carbonyl (C=O) groups is 1. The van der Waals surface area contributed by atoms with Crippen molar-refractivity contribution in [3.63, 3.8) is 0 Å². The van der Waals surface area contributed by atoms with Crippen LogP contribution in [0.4, 0.5) is 9.52 Å². The zero-order chi connectivity index (χ0) is 21.1. The Morgan fingerprint density at radius 2 is 1.93 bits per heavy atom. The maximum Gasteiger partial charge on any atom is 0.260 e. The number of fused-ring (bicyclic) bond motifs is 1. The van der Waals surface area contributed by atoms with Gasteiger partial charge >= 0.3 is 0 Å². The lowest BCUT2D eigenvalue weighted by Crippen LogP contribution is -2.30. The third-order valence-electron chi connectivity index (χ3n) is 4.53. The Morgan fingerprint density at radius 3 is 2.63 bits per heavy atom. The maximum absolute atomic E-state index is 14.2. The Balaban J connectivity index is 1.78. The summed E-state index contributed by atoms with van der Waals surface area (Å²) in [6, 6.07) is 13.4. The minimum Gasteiger partial charge on any atom is -0.493 e. The van der Waals surface area contributed by atoms with Gasteiger partial charge in [-0.3, -0.25) is 14.7 Å². The van der Waals surface area contributed by atoms with Crippen molar-refractivity contribution in [2.45, 2.75) is 6.54 Å². The summed E-state index contributed by atoms with van der Waals surface area (Å²) in [6.07, 6.45) is 3.35. The number of aromatic nitrogens is 2. The van der Waals surface area contributed by atoms with Crippen molar-refractivity contribution in [3.8, 4) is 11.5 Å². The molecule has 0 fully saturated rings. The van der Waals surface area contributed by atoms with Crippen molar-refractivity contribution in [1.29, 1.82) is 0 Å².